The van der Waals surface area contributed by atoms with Crippen molar-refractivity contribution in [3.63, 3.8) is 0 Å². The Morgan fingerprint density at radius 1 is 1.19 bits per heavy atom. The van der Waals surface area contributed by atoms with E-state index in [1.54, 1.807) is 6.07 Å². The van der Waals surface area contributed by atoms with Gasteiger partial charge in [0.25, 0.3) is 0 Å². The number of nitrogens with one attached hydrogen (secondary N) is 2. The van der Waals surface area contributed by atoms with E-state index in [9.17, 15) is 4.79 Å². The Morgan fingerprint density at radius 2 is 1.86 bits per heavy atom. The molecule has 21 heavy (non-hydrogen) atoms. The first-order valence-corrected chi connectivity index (χ1v) is 8.25. The van der Waals surface area contributed by atoms with Crippen LogP contribution in [0.1, 0.15) is 44.9 Å². The van der Waals surface area contributed by atoms with Crippen LogP contribution in [-0.4, -0.2) is 23.5 Å². The number of anilines is 1. The molecule has 2 N–H and O–H groups in total. The van der Waals surface area contributed by atoms with Crippen molar-refractivity contribution < 1.29 is 4.79 Å². The molecule has 6 heteroatoms. The summed E-state index contributed by atoms with van der Waals surface area (Å²) in [5.41, 5.74) is 0. The monoisotopic (exact) mass is 329 g/mol. The van der Waals surface area contributed by atoms with Crippen LogP contribution in [0.3, 0.4) is 0 Å². The Hall–Kier alpha value is -0.840. The fourth-order valence-corrected chi connectivity index (χ4v) is 3.01. The highest BCUT2D eigenvalue weighted by atomic mass is 35.5. The Kier molecular flexibility index (Phi) is 6.74. The van der Waals surface area contributed by atoms with Crippen molar-refractivity contribution in [2.45, 2.75) is 51.0 Å². The third-order valence-electron chi connectivity index (χ3n) is 3.72. The van der Waals surface area contributed by atoms with Crippen LogP contribution in [-0.2, 0) is 4.79 Å². The number of carbonyl (C=O) groups is 1. The highest BCUT2D eigenvalue weighted by Gasteiger charge is 2.13. The number of halogens is 2. The van der Waals surface area contributed by atoms with Gasteiger partial charge in [-0.1, -0.05) is 55.3 Å². The van der Waals surface area contributed by atoms with E-state index in [0.717, 1.165) is 12.8 Å². The van der Waals surface area contributed by atoms with Gasteiger partial charge in [-0.2, -0.15) is 0 Å². The molecule has 1 amide bonds. The molecule has 0 spiro atoms. The standard InChI is InChI=1S/C15H21Cl2N3O/c16-11-8-13(17)15(19-9-11)20-14(21)10-18-12-6-4-2-1-3-5-7-12/h8-9,12,18H,1-7,10H2,(H,19,20,21). The summed E-state index contributed by atoms with van der Waals surface area (Å²) >= 11 is 11.8. The molecule has 0 unspecified atom stereocenters. The van der Waals surface area contributed by atoms with E-state index in [2.05, 4.69) is 15.6 Å². The lowest BCUT2D eigenvalue weighted by Crippen LogP contribution is -2.36. The van der Waals surface area contributed by atoms with E-state index < -0.39 is 0 Å². The normalized spacial score (nSPS) is 17.0. The molecule has 0 atom stereocenters. The van der Waals surface area contributed by atoms with E-state index in [1.807, 2.05) is 0 Å². The third kappa shape index (κ3) is 5.81. The lowest BCUT2D eigenvalue weighted by molar-refractivity contribution is -0.115. The van der Waals surface area contributed by atoms with Gasteiger partial charge >= 0.3 is 0 Å². The molecule has 1 heterocycles. The van der Waals surface area contributed by atoms with Crippen molar-refractivity contribution in [2.24, 2.45) is 0 Å². The predicted octanol–water partition coefficient (Wildman–Crippen LogP) is 4.03. The zero-order valence-corrected chi connectivity index (χ0v) is 13.5. The number of rotatable bonds is 4. The van der Waals surface area contributed by atoms with E-state index >= 15 is 0 Å². The Labute approximate surface area is 135 Å². The second-order valence-electron chi connectivity index (χ2n) is 5.46. The third-order valence-corrected chi connectivity index (χ3v) is 4.22. The number of pyridine rings is 1. The SMILES string of the molecule is O=C(CNC1CCCCCCC1)Nc1ncc(Cl)cc1Cl. The fraction of sp³-hybridized carbons (Fsp3) is 0.600. The largest absolute Gasteiger partial charge is 0.308 e. The van der Waals surface area contributed by atoms with Crippen LogP contribution in [0.15, 0.2) is 12.3 Å². The minimum atomic E-state index is -0.131. The Morgan fingerprint density at radius 3 is 2.52 bits per heavy atom. The van der Waals surface area contributed by atoms with Gasteiger partial charge in [-0.3, -0.25) is 4.79 Å². The van der Waals surface area contributed by atoms with Gasteiger partial charge in [0.1, 0.15) is 0 Å². The van der Waals surface area contributed by atoms with E-state index in [-0.39, 0.29) is 12.5 Å². The van der Waals surface area contributed by atoms with Gasteiger partial charge in [0, 0.05) is 12.2 Å². The lowest BCUT2D eigenvalue weighted by atomic mass is 9.97. The van der Waals surface area contributed by atoms with Gasteiger partial charge in [-0.05, 0) is 18.9 Å². The quantitative estimate of drug-likeness (QED) is 0.876. The fourth-order valence-electron chi connectivity index (χ4n) is 2.58. The van der Waals surface area contributed by atoms with Gasteiger partial charge in [0.2, 0.25) is 5.91 Å². The van der Waals surface area contributed by atoms with Gasteiger partial charge in [0.15, 0.2) is 5.82 Å². The molecule has 0 aliphatic heterocycles. The van der Waals surface area contributed by atoms with E-state index in [1.165, 1.54) is 38.3 Å². The second kappa shape index (κ2) is 8.57. The van der Waals surface area contributed by atoms with Gasteiger partial charge in [-0.25, -0.2) is 4.98 Å². The molecule has 1 aliphatic carbocycles. The predicted molar refractivity (Wildman–Crippen MR) is 87.0 cm³/mol. The average molecular weight is 330 g/mol. The van der Waals surface area contributed by atoms with Crippen molar-refractivity contribution >= 4 is 34.9 Å². The van der Waals surface area contributed by atoms with Gasteiger partial charge < -0.3 is 10.6 Å². The number of amides is 1. The van der Waals surface area contributed by atoms with Crippen LogP contribution in [0.4, 0.5) is 5.82 Å². The molecule has 116 valence electrons. The van der Waals surface area contributed by atoms with Crippen molar-refractivity contribution in [3.05, 3.63) is 22.3 Å². The van der Waals surface area contributed by atoms with Crippen LogP contribution in [0.2, 0.25) is 10.0 Å². The van der Waals surface area contributed by atoms with Gasteiger partial charge in [-0.15, -0.1) is 0 Å². The topological polar surface area (TPSA) is 54.0 Å². The molecule has 1 fully saturated rings. The number of hydrogen-bond donors (Lipinski definition) is 2. The summed E-state index contributed by atoms with van der Waals surface area (Å²) in [4.78, 5) is 16.0. The molecule has 4 nitrogen and oxygen atoms in total. The first kappa shape index (κ1) is 16.5. The minimum absolute atomic E-state index is 0.131. The smallest absolute Gasteiger partial charge is 0.239 e. The molecule has 0 radical (unpaired) electrons. The first-order valence-electron chi connectivity index (χ1n) is 7.49. The van der Waals surface area contributed by atoms with E-state index in [0.29, 0.717) is 21.9 Å². The van der Waals surface area contributed by atoms with Crippen LogP contribution < -0.4 is 10.6 Å². The highest BCUT2D eigenvalue weighted by Crippen LogP contribution is 2.22. The lowest BCUT2D eigenvalue weighted by Gasteiger charge is -2.20. The number of aromatic nitrogens is 1. The van der Waals surface area contributed by atoms with Crippen molar-refractivity contribution in [1.82, 2.24) is 10.3 Å². The van der Waals surface area contributed by atoms with Gasteiger partial charge in [0.05, 0.1) is 16.6 Å². The van der Waals surface area contributed by atoms with Crippen molar-refractivity contribution in [1.29, 1.82) is 0 Å². The summed E-state index contributed by atoms with van der Waals surface area (Å²) in [5, 5.41) is 6.83. The maximum Gasteiger partial charge on any atom is 0.239 e. The number of nitrogens with zero attached hydrogens (tertiary/aromatic N) is 1. The average Bonchev–Trinajstić information content (AvgIpc) is 2.41. The van der Waals surface area contributed by atoms with Crippen LogP contribution >= 0.6 is 23.2 Å². The van der Waals surface area contributed by atoms with E-state index in [4.69, 9.17) is 23.2 Å². The maximum absolute atomic E-state index is 11.9. The van der Waals surface area contributed by atoms with Crippen LogP contribution in [0.5, 0.6) is 0 Å². The summed E-state index contributed by atoms with van der Waals surface area (Å²) in [5.74, 6) is 0.222. The number of hydrogen-bond acceptors (Lipinski definition) is 3. The molecule has 0 aromatic carbocycles. The number of carbonyl (C=O) groups excluding carboxylic acids is 1. The summed E-state index contributed by atoms with van der Waals surface area (Å²) in [6, 6.07) is 2.00. The zero-order chi connectivity index (χ0) is 15.1. The summed E-state index contributed by atoms with van der Waals surface area (Å²) in [6.45, 7) is 0.283. The molecule has 1 aromatic heterocycles. The van der Waals surface area contributed by atoms with Crippen molar-refractivity contribution in [2.75, 3.05) is 11.9 Å². The zero-order valence-electron chi connectivity index (χ0n) is 12.0. The molecule has 1 saturated carbocycles. The molecule has 1 aliphatic rings. The highest BCUT2D eigenvalue weighted by molar-refractivity contribution is 6.36. The van der Waals surface area contributed by atoms with Crippen molar-refractivity contribution in [3.8, 4) is 0 Å². The van der Waals surface area contributed by atoms with Crippen LogP contribution in [0.25, 0.3) is 0 Å². The minimum Gasteiger partial charge on any atom is -0.308 e. The Bertz CT molecular complexity index is 474. The molecule has 1 aromatic rings. The molecular formula is C15H21Cl2N3O. The molecular weight excluding hydrogens is 309 g/mol. The Balaban J connectivity index is 1.78. The molecule has 0 saturated heterocycles. The summed E-state index contributed by atoms with van der Waals surface area (Å²) in [6.07, 6.45) is 10.2. The second-order valence-corrected chi connectivity index (χ2v) is 6.30. The summed E-state index contributed by atoms with van der Waals surface area (Å²) < 4.78 is 0. The molecule has 0 bridgehead atoms. The maximum atomic E-state index is 11.9. The van der Waals surface area contributed by atoms with Crippen LogP contribution in [0, 0.1) is 0 Å². The summed E-state index contributed by atoms with van der Waals surface area (Å²) in [7, 11) is 0. The molecule has 2 rings (SSSR count). The first-order chi connectivity index (χ1) is 10.1.